The van der Waals surface area contributed by atoms with Gasteiger partial charge in [-0.3, -0.25) is 4.79 Å². The predicted octanol–water partition coefficient (Wildman–Crippen LogP) is 4.14. The SMILES string of the molecule is COc1ccc2c(c1)CCCC2NC(=O)CCCCCBr. The number of benzene rings is 1. The van der Waals surface area contributed by atoms with Crippen LogP contribution in [0.3, 0.4) is 0 Å². The maximum absolute atomic E-state index is 12.1. The number of methoxy groups -OCH3 is 1. The van der Waals surface area contributed by atoms with Gasteiger partial charge in [-0.05, 0) is 55.4 Å². The predicted molar refractivity (Wildman–Crippen MR) is 89.1 cm³/mol. The lowest BCUT2D eigenvalue weighted by Crippen LogP contribution is -2.30. The average molecular weight is 354 g/mol. The summed E-state index contributed by atoms with van der Waals surface area (Å²) < 4.78 is 5.28. The first-order chi connectivity index (χ1) is 10.2. The van der Waals surface area contributed by atoms with Crippen molar-refractivity contribution in [3.05, 3.63) is 29.3 Å². The molecular formula is C17H24BrNO2. The van der Waals surface area contributed by atoms with Crippen molar-refractivity contribution in [2.45, 2.75) is 51.0 Å². The molecule has 4 heteroatoms. The highest BCUT2D eigenvalue weighted by Crippen LogP contribution is 2.32. The fourth-order valence-electron chi connectivity index (χ4n) is 2.89. The van der Waals surface area contributed by atoms with Gasteiger partial charge >= 0.3 is 0 Å². The zero-order valence-electron chi connectivity index (χ0n) is 12.7. The van der Waals surface area contributed by atoms with Crippen LogP contribution < -0.4 is 10.1 Å². The second-order valence-corrected chi connectivity index (χ2v) is 6.37. The fraction of sp³-hybridized carbons (Fsp3) is 0.588. The number of fused-ring (bicyclic) bond motifs is 1. The van der Waals surface area contributed by atoms with E-state index in [2.05, 4.69) is 33.4 Å². The smallest absolute Gasteiger partial charge is 0.220 e. The van der Waals surface area contributed by atoms with Gasteiger partial charge in [-0.15, -0.1) is 0 Å². The molecule has 0 bridgehead atoms. The Morgan fingerprint density at radius 1 is 1.38 bits per heavy atom. The Bertz CT molecular complexity index is 476. The molecule has 1 atom stereocenters. The summed E-state index contributed by atoms with van der Waals surface area (Å²) in [5, 5.41) is 4.22. The first kappa shape index (κ1) is 16.3. The van der Waals surface area contributed by atoms with Crippen LogP contribution >= 0.6 is 15.9 Å². The molecule has 21 heavy (non-hydrogen) atoms. The van der Waals surface area contributed by atoms with Crippen LogP contribution in [-0.4, -0.2) is 18.3 Å². The van der Waals surface area contributed by atoms with Gasteiger partial charge in [0, 0.05) is 11.8 Å². The summed E-state index contributed by atoms with van der Waals surface area (Å²) in [6, 6.07) is 6.36. The Hall–Kier alpha value is -1.03. The minimum atomic E-state index is 0.170. The molecule has 3 nitrogen and oxygen atoms in total. The highest BCUT2D eigenvalue weighted by Gasteiger charge is 2.21. The summed E-state index contributed by atoms with van der Waals surface area (Å²) in [7, 11) is 1.69. The molecule has 0 saturated heterocycles. The minimum absolute atomic E-state index is 0.170. The lowest BCUT2D eigenvalue weighted by molar-refractivity contribution is -0.122. The van der Waals surface area contributed by atoms with Crippen LogP contribution in [0.4, 0.5) is 0 Å². The number of aryl methyl sites for hydroxylation is 1. The molecular weight excluding hydrogens is 330 g/mol. The van der Waals surface area contributed by atoms with Crippen LogP contribution in [0.2, 0.25) is 0 Å². The molecule has 0 aromatic heterocycles. The Labute approximate surface area is 135 Å². The Morgan fingerprint density at radius 3 is 3.00 bits per heavy atom. The number of ether oxygens (including phenoxy) is 1. The van der Waals surface area contributed by atoms with Crippen molar-refractivity contribution < 1.29 is 9.53 Å². The third-order valence-electron chi connectivity index (χ3n) is 4.04. The molecule has 1 aliphatic carbocycles. The van der Waals surface area contributed by atoms with E-state index in [0.29, 0.717) is 6.42 Å². The fourth-order valence-corrected chi connectivity index (χ4v) is 3.29. The highest BCUT2D eigenvalue weighted by molar-refractivity contribution is 9.09. The molecule has 0 aliphatic heterocycles. The maximum Gasteiger partial charge on any atom is 0.220 e. The van der Waals surface area contributed by atoms with E-state index in [1.165, 1.54) is 11.1 Å². The summed E-state index contributed by atoms with van der Waals surface area (Å²) in [5.74, 6) is 1.08. The number of amides is 1. The molecule has 1 amide bonds. The van der Waals surface area contributed by atoms with E-state index in [1.807, 2.05) is 6.07 Å². The number of carbonyl (C=O) groups excluding carboxylic acids is 1. The molecule has 2 rings (SSSR count). The summed E-state index contributed by atoms with van der Waals surface area (Å²) in [6.45, 7) is 0. The van der Waals surface area contributed by atoms with E-state index >= 15 is 0 Å². The van der Waals surface area contributed by atoms with Crippen LogP contribution in [0.5, 0.6) is 5.75 Å². The normalized spacial score (nSPS) is 17.1. The molecule has 1 aliphatic rings. The second kappa shape index (κ2) is 8.42. The summed E-state index contributed by atoms with van der Waals surface area (Å²) in [4.78, 5) is 12.1. The molecule has 1 aromatic rings. The quantitative estimate of drug-likeness (QED) is 0.590. The van der Waals surface area contributed by atoms with Crippen molar-refractivity contribution in [2.24, 2.45) is 0 Å². The summed E-state index contributed by atoms with van der Waals surface area (Å²) in [5.41, 5.74) is 2.57. The van der Waals surface area contributed by atoms with Crippen molar-refractivity contribution in [3.8, 4) is 5.75 Å². The van der Waals surface area contributed by atoms with Crippen LogP contribution in [0.1, 0.15) is 55.7 Å². The Morgan fingerprint density at radius 2 is 2.24 bits per heavy atom. The van der Waals surface area contributed by atoms with E-state index in [-0.39, 0.29) is 11.9 Å². The molecule has 1 aromatic carbocycles. The maximum atomic E-state index is 12.1. The van der Waals surface area contributed by atoms with Crippen molar-refractivity contribution >= 4 is 21.8 Å². The topological polar surface area (TPSA) is 38.3 Å². The number of unbranched alkanes of at least 4 members (excludes halogenated alkanes) is 2. The number of rotatable bonds is 7. The third-order valence-corrected chi connectivity index (χ3v) is 4.60. The molecule has 1 unspecified atom stereocenters. The number of hydrogen-bond acceptors (Lipinski definition) is 2. The lowest BCUT2D eigenvalue weighted by atomic mass is 9.87. The van der Waals surface area contributed by atoms with Crippen LogP contribution in [0, 0.1) is 0 Å². The summed E-state index contributed by atoms with van der Waals surface area (Å²) in [6.07, 6.45) is 7.08. The molecule has 116 valence electrons. The molecule has 0 spiro atoms. The zero-order chi connectivity index (χ0) is 15.1. The summed E-state index contributed by atoms with van der Waals surface area (Å²) >= 11 is 3.42. The highest BCUT2D eigenvalue weighted by atomic mass is 79.9. The minimum Gasteiger partial charge on any atom is -0.497 e. The van der Waals surface area contributed by atoms with Gasteiger partial charge in [-0.2, -0.15) is 0 Å². The first-order valence-corrected chi connectivity index (χ1v) is 8.89. The van der Waals surface area contributed by atoms with E-state index in [0.717, 1.165) is 49.6 Å². The lowest BCUT2D eigenvalue weighted by Gasteiger charge is -2.26. The largest absolute Gasteiger partial charge is 0.497 e. The van der Waals surface area contributed by atoms with Crippen molar-refractivity contribution in [1.82, 2.24) is 5.32 Å². The molecule has 0 saturated carbocycles. The molecule has 0 fully saturated rings. The average Bonchev–Trinajstić information content (AvgIpc) is 2.51. The number of alkyl halides is 1. The van der Waals surface area contributed by atoms with Crippen molar-refractivity contribution in [3.63, 3.8) is 0 Å². The zero-order valence-corrected chi connectivity index (χ0v) is 14.2. The van der Waals surface area contributed by atoms with Gasteiger partial charge in [-0.1, -0.05) is 28.4 Å². The Kier molecular flexibility index (Phi) is 6.55. The van der Waals surface area contributed by atoms with Crippen LogP contribution in [0.25, 0.3) is 0 Å². The van der Waals surface area contributed by atoms with Crippen LogP contribution in [0.15, 0.2) is 18.2 Å². The number of halogens is 1. The number of nitrogens with one attached hydrogen (secondary N) is 1. The molecule has 1 N–H and O–H groups in total. The van der Waals surface area contributed by atoms with E-state index in [9.17, 15) is 4.79 Å². The van der Waals surface area contributed by atoms with E-state index in [1.54, 1.807) is 7.11 Å². The molecule has 0 radical (unpaired) electrons. The monoisotopic (exact) mass is 353 g/mol. The van der Waals surface area contributed by atoms with Gasteiger partial charge in [0.25, 0.3) is 0 Å². The van der Waals surface area contributed by atoms with Gasteiger partial charge < -0.3 is 10.1 Å². The van der Waals surface area contributed by atoms with Crippen molar-refractivity contribution in [1.29, 1.82) is 0 Å². The standard InChI is InChI=1S/C17H24BrNO2/c1-21-14-9-10-15-13(12-14)6-5-7-16(15)19-17(20)8-3-2-4-11-18/h9-10,12,16H,2-8,11H2,1H3,(H,19,20). The number of carbonyl (C=O) groups is 1. The van der Waals surface area contributed by atoms with Crippen molar-refractivity contribution in [2.75, 3.05) is 12.4 Å². The van der Waals surface area contributed by atoms with Gasteiger partial charge in [0.05, 0.1) is 13.2 Å². The van der Waals surface area contributed by atoms with Gasteiger partial charge in [0.15, 0.2) is 0 Å². The molecule has 0 heterocycles. The van der Waals surface area contributed by atoms with Gasteiger partial charge in [-0.25, -0.2) is 0 Å². The van der Waals surface area contributed by atoms with Crippen LogP contribution in [-0.2, 0) is 11.2 Å². The Balaban J connectivity index is 1.92. The second-order valence-electron chi connectivity index (χ2n) is 5.58. The van der Waals surface area contributed by atoms with E-state index < -0.39 is 0 Å². The first-order valence-electron chi connectivity index (χ1n) is 7.76. The number of hydrogen-bond donors (Lipinski definition) is 1. The van der Waals surface area contributed by atoms with E-state index in [4.69, 9.17) is 4.74 Å². The van der Waals surface area contributed by atoms with Gasteiger partial charge in [0.2, 0.25) is 5.91 Å². The van der Waals surface area contributed by atoms with Gasteiger partial charge in [0.1, 0.15) is 5.75 Å². The third kappa shape index (κ3) is 4.73.